The second-order valence-corrected chi connectivity index (χ2v) is 4.54. The largest absolute Gasteiger partial charge is 0.387 e. The summed E-state index contributed by atoms with van der Waals surface area (Å²) < 4.78 is 26.0. The molecule has 2 unspecified atom stereocenters. The van der Waals surface area contributed by atoms with Crippen LogP contribution in [-0.4, -0.2) is 56.7 Å². The van der Waals surface area contributed by atoms with Gasteiger partial charge in [-0.2, -0.15) is 0 Å². The summed E-state index contributed by atoms with van der Waals surface area (Å²) >= 11 is 0. The highest BCUT2D eigenvalue weighted by molar-refractivity contribution is 5.81. The molecule has 3 heterocycles. The SMILES string of the molecule is COC[C@H]1O[C@@H](n2cnc3c(N)ncnc32)C(F)C1O. The van der Waals surface area contributed by atoms with Crippen molar-refractivity contribution in [2.45, 2.75) is 24.6 Å². The third-order valence-corrected chi connectivity index (χ3v) is 3.29. The van der Waals surface area contributed by atoms with E-state index in [1.54, 1.807) is 0 Å². The van der Waals surface area contributed by atoms with Gasteiger partial charge < -0.3 is 20.3 Å². The molecule has 0 amide bonds. The van der Waals surface area contributed by atoms with Crippen molar-refractivity contribution < 1.29 is 19.0 Å². The number of nitrogen functional groups attached to an aromatic ring is 1. The molecule has 0 aromatic carbocycles. The number of aliphatic hydroxyl groups is 1. The maximum absolute atomic E-state index is 14.2. The Labute approximate surface area is 113 Å². The zero-order valence-electron chi connectivity index (χ0n) is 10.7. The Morgan fingerprint density at radius 1 is 1.50 bits per heavy atom. The Kier molecular flexibility index (Phi) is 3.24. The first-order chi connectivity index (χ1) is 9.63. The van der Waals surface area contributed by atoms with E-state index in [2.05, 4.69) is 15.0 Å². The second kappa shape index (κ2) is 4.93. The predicted molar refractivity (Wildman–Crippen MR) is 66.4 cm³/mol. The van der Waals surface area contributed by atoms with Gasteiger partial charge in [-0.05, 0) is 0 Å². The van der Waals surface area contributed by atoms with Crippen molar-refractivity contribution in [2.75, 3.05) is 19.5 Å². The molecule has 9 heteroatoms. The summed E-state index contributed by atoms with van der Waals surface area (Å²) in [5, 5.41) is 9.81. The van der Waals surface area contributed by atoms with Crippen LogP contribution in [0.4, 0.5) is 10.2 Å². The summed E-state index contributed by atoms with van der Waals surface area (Å²) in [7, 11) is 1.46. The molecule has 20 heavy (non-hydrogen) atoms. The zero-order valence-corrected chi connectivity index (χ0v) is 10.7. The Hall–Kier alpha value is -1.84. The number of nitrogens with two attached hydrogens (primary N) is 1. The quantitative estimate of drug-likeness (QED) is 0.792. The van der Waals surface area contributed by atoms with Gasteiger partial charge in [0.25, 0.3) is 0 Å². The van der Waals surface area contributed by atoms with Gasteiger partial charge in [-0.15, -0.1) is 0 Å². The molecule has 0 radical (unpaired) electrons. The Morgan fingerprint density at radius 3 is 3.05 bits per heavy atom. The molecular weight excluding hydrogens is 269 g/mol. The number of rotatable bonds is 3. The molecule has 1 saturated heterocycles. The van der Waals surface area contributed by atoms with Gasteiger partial charge in [-0.25, -0.2) is 19.3 Å². The van der Waals surface area contributed by atoms with Gasteiger partial charge in [0.2, 0.25) is 0 Å². The van der Waals surface area contributed by atoms with Crippen molar-refractivity contribution in [3.63, 3.8) is 0 Å². The van der Waals surface area contributed by atoms with Crippen LogP contribution in [-0.2, 0) is 9.47 Å². The molecule has 1 aliphatic heterocycles. The number of hydrogen-bond acceptors (Lipinski definition) is 7. The summed E-state index contributed by atoms with van der Waals surface area (Å²) in [6.45, 7) is 0.0990. The van der Waals surface area contributed by atoms with Crippen LogP contribution < -0.4 is 5.73 Å². The number of aromatic nitrogens is 4. The lowest BCUT2D eigenvalue weighted by Gasteiger charge is -2.15. The van der Waals surface area contributed by atoms with E-state index in [1.807, 2.05) is 0 Å². The highest BCUT2D eigenvalue weighted by Gasteiger charge is 2.45. The minimum Gasteiger partial charge on any atom is -0.387 e. The van der Waals surface area contributed by atoms with Crippen LogP contribution in [0, 0.1) is 0 Å². The molecule has 2 aromatic rings. The average Bonchev–Trinajstić information content (AvgIpc) is 2.97. The van der Waals surface area contributed by atoms with Gasteiger partial charge in [-0.1, -0.05) is 0 Å². The number of imidazole rings is 1. The lowest BCUT2D eigenvalue weighted by atomic mass is 10.1. The van der Waals surface area contributed by atoms with Crippen molar-refractivity contribution >= 4 is 17.0 Å². The summed E-state index contributed by atoms with van der Waals surface area (Å²) in [4.78, 5) is 11.9. The molecule has 3 rings (SSSR count). The van der Waals surface area contributed by atoms with Gasteiger partial charge in [0.05, 0.1) is 12.9 Å². The fourth-order valence-corrected chi connectivity index (χ4v) is 2.29. The van der Waals surface area contributed by atoms with Crippen LogP contribution in [0.25, 0.3) is 11.2 Å². The summed E-state index contributed by atoms with van der Waals surface area (Å²) in [6, 6.07) is 0. The van der Waals surface area contributed by atoms with Crippen molar-refractivity contribution in [1.29, 1.82) is 0 Å². The molecule has 8 nitrogen and oxygen atoms in total. The number of aliphatic hydroxyl groups excluding tert-OH is 1. The van der Waals surface area contributed by atoms with Crippen LogP contribution in [0.1, 0.15) is 6.23 Å². The molecule has 2 aromatic heterocycles. The normalized spacial score (nSPS) is 30.1. The van der Waals surface area contributed by atoms with Crippen LogP contribution in [0.2, 0.25) is 0 Å². The summed E-state index contributed by atoms with van der Waals surface area (Å²) in [5.41, 5.74) is 6.40. The number of fused-ring (bicyclic) bond motifs is 1. The zero-order chi connectivity index (χ0) is 14.3. The van der Waals surface area contributed by atoms with E-state index in [0.29, 0.717) is 11.2 Å². The molecule has 0 saturated carbocycles. The molecule has 0 spiro atoms. The minimum absolute atomic E-state index is 0.0990. The number of nitrogens with zero attached hydrogens (tertiary/aromatic N) is 4. The lowest BCUT2D eigenvalue weighted by Crippen LogP contribution is -2.31. The molecular formula is C11H14FN5O3. The summed E-state index contributed by atoms with van der Waals surface area (Å²) in [6.07, 6.45) is -2.00. The van der Waals surface area contributed by atoms with Crippen LogP contribution in [0.3, 0.4) is 0 Å². The highest BCUT2D eigenvalue weighted by atomic mass is 19.1. The monoisotopic (exact) mass is 283 g/mol. The Bertz CT molecular complexity index is 621. The minimum atomic E-state index is -1.61. The van der Waals surface area contributed by atoms with E-state index < -0.39 is 24.6 Å². The van der Waals surface area contributed by atoms with Crippen LogP contribution >= 0.6 is 0 Å². The van der Waals surface area contributed by atoms with Crippen LogP contribution in [0.5, 0.6) is 0 Å². The maximum atomic E-state index is 14.2. The fraction of sp³-hybridized carbons (Fsp3) is 0.545. The molecule has 3 N–H and O–H groups in total. The molecule has 0 aliphatic carbocycles. The number of alkyl halides is 1. The number of methoxy groups -OCH3 is 1. The van der Waals surface area contributed by atoms with Crippen molar-refractivity contribution in [2.24, 2.45) is 0 Å². The first-order valence-electron chi connectivity index (χ1n) is 6.03. The molecule has 0 bridgehead atoms. The number of hydrogen-bond donors (Lipinski definition) is 2. The third kappa shape index (κ3) is 1.90. The van der Waals surface area contributed by atoms with Gasteiger partial charge >= 0.3 is 0 Å². The number of ether oxygens (including phenoxy) is 2. The predicted octanol–water partition coefficient (Wildman–Crippen LogP) is -0.349. The van der Waals surface area contributed by atoms with E-state index in [9.17, 15) is 9.50 Å². The van der Waals surface area contributed by atoms with E-state index in [4.69, 9.17) is 15.2 Å². The van der Waals surface area contributed by atoms with Gasteiger partial charge in [-0.3, -0.25) is 4.57 Å². The average molecular weight is 283 g/mol. The topological polar surface area (TPSA) is 108 Å². The van der Waals surface area contributed by atoms with Crippen LogP contribution in [0.15, 0.2) is 12.7 Å². The third-order valence-electron chi connectivity index (χ3n) is 3.29. The fourth-order valence-electron chi connectivity index (χ4n) is 2.29. The van der Waals surface area contributed by atoms with E-state index in [0.717, 1.165) is 0 Å². The van der Waals surface area contributed by atoms with Crippen molar-refractivity contribution in [3.05, 3.63) is 12.7 Å². The summed E-state index contributed by atoms with van der Waals surface area (Å²) in [5.74, 6) is 0.205. The number of anilines is 1. The van der Waals surface area contributed by atoms with E-state index in [1.165, 1.54) is 24.3 Å². The Balaban J connectivity index is 1.97. The lowest BCUT2D eigenvalue weighted by molar-refractivity contribution is -0.0543. The smallest absolute Gasteiger partial charge is 0.173 e. The van der Waals surface area contributed by atoms with E-state index in [-0.39, 0.29) is 12.4 Å². The molecule has 4 atom stereocenters. The van der Waals surface area contributed by atoms with Crippen molar-refractivity contribution in [3.8, 4) is 0 Å². The van der Waals surface area contributed by atoms with Gasteiger partial charge in [0.15, 0.2) is 23.9 Å². The van der Waals surface area contributed by atoms with Gasteiger partial charge in [0.1, 0.15) is 24.1 Å². The van der Waals surface area contributed by atoms with Crippen molar-refractivity contribution in [1.82, 2.24) is 19.5 Å². The first kappa shape index (κ1) is 13.2. The first-order valence-corrected chi connectivity index (χ1v) is 6.03. The molecule has 108 valence electrons. The van der Waals surface area contributed by atoms with E-state index >= 15 is 0 Å². The number of halogens is 1. The standard InChI is InChI=1S/C11H14FN5O3/c1-19-2-5-8(18)6(12)11(20-5)17-4-16-7-9(13)14-3-15-10(7)17/h3-6,8,11,18H,2H2,1H3,(H2,13,14,15)/t5-,6?,8?,11-/m1/s1. The highest BCUT2D eigenvalue weighted by Crippen LogP contribution is 2.33. The second-order valence-electron chi connectivity index (χ2n) is 4.54. The Morgan fingerprint density at radius 2 is 2.30 bits per heavy atom. The van der Waals surface area contributed by atoms with Gasteiger partial charge in [0, 0.05) is 7.11 Å². The maximum Gasteiger partial charge on any atom is 0.173 e. The molecule has 1 fully saturated rings. The molecule has 1 aliphatic rings.